The SMILES string of the molecule is CC(C)c1ccc(NC(=O)c2cnc(NCc3ccccc3)cn2)cc1. The maximum Gasteiger partial charge on any atom is 0.275 e. The van der Waals surface area contributed by atoms with Crippen molar-refractivity contribution < 1.29 is 4.79 Å². The molecule has 0 bridgehead atoms. The molecule has 1 amide bonds. The van der Waals surface area contributed by atoms with Crippen LogP contribution in [0.15, 0.2) is 67.0 Å². The molecule has 0 saturated heterocycles. The van der Waals surface area contributed by atoms with Crippen LogP contribution in [0.2, 0.25) is 0 Å². The first-order valence-electron chi connectivity index (χ1n) is 8.63. The van der Waals surface area contributed by atoms with E-state index in [9.17, 15) is 4.79 Å². The first-order valence-corrected chi connectivity index (χ1v) is 8.63. The van der Waals surface area contributed by atoms with Gasteiger partial charge in [-0.15, -0.1) is 0 Å². The van der Waals surface area contributed by atoms with Crippen molar-refractivity contribution in [1.82, 2.24) is 9.97 Å². The van der Waals surface area contributed by atoms with Crippen molar-refractivity contribution in [1.29, 1.82) is 0 Å². The molecule has 0 atom stereocenters. The van der Waals surface area contributed by atoms with Crippen LogP contribution in [-0.2, 0) is 6.54 Å². The molecule has 0 aliphatic heterocycles. The van der Waals surface area contributed by atoms with Crippen LogP contribution in [0.25, 0.3) is 0 Å². The Bertz CT molecular complexity index is 843. The molecule has 0 spiro atoms. The summed E-state index contributed by atoms with van der Waals surface area (Å²) in [6.07, 6.45) is 3.05. The number of hydrogen-bond donors (Lipinski definition) is 2. The molecule has 0 aliphatic rings. The number of nitrogens with zero attached hydrogens (tertiary/aromatic N) is 2. The summed E-state index contributed by atoms with van der Waals surface area (Å²) in [6.45, 7) is 4.93. The summed E-state index contributed by atoms with van der Waals surface area (Å²) < 4.78 is 0. The summed E-state index contributed by atoms with van der Waals surface area (Å²) >= 11 is 0. The Hall–Kier alpha value is -3.21. The molecule has 0 saturated carbocycles. The zero-order valence-corrected chi connectivity index (χ0v) is 14.9. The quantitative estimate of drug-likeness (QED) is 0.691. The van der Waals surface area contributed by atoms with Gasteiger partial charge in [0.15, 0.2) is 0 Å². The molecule has 0 unspecified atom stereocenters. The van der Waals surface area contributed by atoms with E-state index in [1.807, 2.05) is 54.6 Å². The van der Waals surface area contributed by atoms with E-state index in [-0.39, 0.29) is 11.6 Å². The largest absolute Gasteiger partial charge is 0.365 e. The van der Waals surface area contributed by atoms with Gasteiger partial charge >= 0.3 is 0 Å². The van der Waals surface area contributed by atoms with Crippen molar-refractivity contribution >= 4 is 17.4 Å². The van der Waals surface area contributed by atoms with Crippen LogP contribution in [0.3, 0.4) is 0 Å². The molecule has 1 aromatic heterocycles. The first-order chi connectivity index (χ1) is 12.6. The number of aromatic nitrogens is 2. The van der Waals surface area contributed by atoms with E-state index in [1.165, 1.54) is 11.8 Å². The molecule has 1 heterocycles. The Morgan fingerprint density at radius 2 is 1.69 bits per heavy atom. The Kier molecular flexibility index (Phi) is 5.59. The molecule has 2 N–H and O–H groups in total. The molecular weight excluding hydrogens is 324 g/mol. The molecule has 5 heteroatoms. The van der Waals surface area contributed by atoms with E-state index in [0.29, 0.717) is 18.3 Å². The van der Waals surface area contributed by atoms with Crippen molar-refractivity contribution in [2.24, 2.45) is 0 Å². The molecule has 0 fully saturated rings. The smallest absolute Gasteiger partial charge is 0.275 e. The normalized spacial score (nSPS) is 10.6. The lowest BCUT2D eigenvalue weighted by atomic mass is 10.0. The summed E-state index contributed by atoms with van der Waals surface area (Å²) in [5.41, 5.74) is 3.41. The Morgan fingerprint density at radius 3 is 2.31 bits per heavy atom. The average molecular weight is 346 g/mol. The van der Waals surface area contributed by atoms with Crippen LogP contribution in [-0.4, -0.2) is 15.9 Å². The molecule has 2 aromatic carbocycles. The van der Waals surface area contributed by atoms with Crippen molar-refractivity contribution in [3.05, 3.63) is 83.8 Å². The summed E-state index contributed by atoms with van der Waals surface area (Å²) in [5, 5.41) is 6.03. The third-order valence-electron chi connectivity index (χ3n) is 4.04. The predicted octanol–water partition coefficient (Wildman–Crippen LogP) is 4.46. The van der Waals surface area contributed by atoms with Crippen molar-refractivity contribution in [2.45, 2.75) is 26.3 Å². The minimum atomic E-state index is -0.274. The molecule has 0 aliphatic carbocycles. The van der Waals surface area contributed by atoms with Crippen molar-refractivity contribution in [2.75, 3.05) is 10.6 Å². The van der Waals surface area contributed by atoms with Crippen LogP contribution >= 0.6 is 0 Å². The standard InChI is InChI=1S/C21H22N4O/c1-15(2)17-8-10-18(11-9-17)25-21(26)19-13-24-20(14-22-19)23-12-16-6-4-3-5-7-16/h3-11,13-15H,12H2,1-2H3,(H,23,24)(H,25,26). The molecule has 5 nitrogen and oxygen atoms in total. The fourth-order valence-electron chi connectivity index (χ4n) is 2.47. The zero-order valence-electron chi connectivity index (χ0n) is 14.9. The third kappa shape index (κ3) is 4.66. The van der Waals surface area contributed by atoms with E-state index in [2.05, 4.69) is 34.4 Å². The van der Waals surface area contributed by atoms with Gasteiger partial charge in [0, 0.05) is 12.2 Å². The number of rotatable bonds is 6. The number of anilines is 2. The van der Waals surface area contributed by atoms with Gasteiger partial charge in [0.25, 0.3) is 5.91 Å². The van der Waals surface area contributed by atoms with Crippen LogP contribution in [0.4, 0.5) is 11.5 Å². The van der Waals surface area contributed by atoms with E-state index in [0.717, 1.165) is 11.3 Å². The number of carbonyl (C=O) groups excluding carboxylic acids is 1. The van der Waals surface area contributed by atoms with E-state index in [4.69, 9.17) is 0 Å². The number of hydrogen-bond acceptors (Lipinski definition) is 4. The number of nitrogens with one attached hydrogen (secondary N) is 2. The van der Waals surface area contributed by atoms with Gasteiger partial charge < -0.3 is 10.6 Å². The van der Waals surface area contributed by atoms with Crippen LogP contribution < -0.4 is 10.6 Å². The lowest BCUT2D eigenvalue weighted by Gasteiger charge is -2.09. The van der Waals surface area contributed by atoms with Gasteiger partial charge in [0.2, 0.25) is 0 Å². The Morgan fingerprint density at radius 1 is 0.962 bits per heavy atom. The third-order valence-corrected chi connectivity index (χ3v) is 4.04. The summed E-state index contributed by atoms with van der Waals surface area (Å²) in [4.78, 5) is 20.7. The Balaban J connectivity index is 1.58. The summed E-state index contributed by atoms with van der Waals surface area (Å²) in [7, 11) is 0. The first kappa shape index (κ1) is 17.6. The highest BCUT2D eigenvalue weighted by atomic mass is 16.1. The molecule has 3 aromatic rings. The monoisotopic (exact) mass is 346 g/mol. The predicted molar refractivity (Wildman–Crippen MR) is 104 cm³/mol. The van der Waals surface area contributed by atoms with Crippen molar-refractivity contribution in [3.63, 3.8) is 0 Å². The topological polar surface area (TPSA) is 66.9 Å². The highest BCUT2D eigenvalue weighted by Gasteiger charge is 2.09. The van der Waals surface area contributed by atoms with Gasteiger partial charge in [0.1, 0.15) is 11.5 Å². The number of benzene rings is 2. The van der Waals surface area contributed by atoms with Gasteiger partial charge in [0.05, 0.1) is 12.4 Å². The second-order valence-electron chi connectivity index (χ2n) is 6.36. The summed E-state index contributed by atoms with van der Waals surface area (Å²) in [6, 6.07) is 17.9. The second kappa shape index (κ2) is 8.25. The van der Waals surface area contributed by atoms with Gasteiger partial charge in [-0.2, -0.15) is 0 Å². The highest BCUT2D eigenvalue weighted by molar-refractivity contribution is 6.02. The van der Waals surface area contributed by atoms with E-state index < -0.39 is 0 Å². The fraction of sp³-hybridized carbons (Fsp3) is 0.190. The van der Waals surface area contributed by atoms with Crippen LogP contribution in [0.5, 0.6) is 0 Å². The van der Waals surface area contributed by atoms with Gasteiger partial charge in [-0.1, -0.05) is 56.3 Å². The fourth-order valence-corrected chi connectivity index (χ4v) is 2.47. The minimum Gasteiger partial charge on any atom is -0.365 e. The maximum absolute atomic E-state index is 12.3. The van der Waals surface area contributed by atoms with Gasteiger partial charge in [-0.05, 0) is 29.2 Å². The van der Waals surface area contributed by atoms with Crippen LogP contribution in [0.1, 0.15) is 41.4 Å². The molecule has 132 valence electrons. The molecular formula is C21H22N4O. The van der Waals surface area contributed by atoms with Gasteiger partial charge in [-0.25, -0.2) is 9.97 Å². The van der Waals surface area contributed by atoms with Crippen molar-refractivity contribution in [3.8, 4) is 0 Å². The summed E-state index contributed by atoms with van der Waals surface area (Å²) in [5.74, 6) is 0.817. The highest BCUT2D eigenvalue weighted by Crippen LogP contribution is 2.17. The lowest BCUT2D eigenvalue weighted by molar-refractivity contribution is 0.102. The minimum absolute atomic E-state index is 0.274. The Labute approximate surface area is 153 Å². The second-order valence-corrected chi connectivity index (χ2v) is 6.36. The van der Waals surface area contributed by atoms with E-state index in [1.54, 1.807) is 6.20 Å². The number of amides is 1. The molecule has 3 rings (SSSR count). The average Bonchev–Trinajstić information content (AvgIpc) is 2.68. The number of carbonyl (C=O) groups is 1. The molecule has 26 heavy (non-hydrogen) atoms. The van der Waals surface area contributed by atoms with E-state index >= 15 is 0 Å². The zero-order chi connectivity index (χ0) is 18.4. The lowest BCUT2D eigenvalue weighted by Crippen LogP contribution is -2.14. The van der Waals surface area contributed by atoms with Crippen LogP contribution in [0, 0.1) is 0 Å². The molecule has 0 radical (unpaired) electrons. The maximum atomic E-state index is 12.3. The van der Waals surface area contributed by atoms with Gasteiger partial charge in [-0.3, -0.25) is 4.79 Å².